The van der Waals surface area contributed by atoms with E-state index in [2.05, 4.69) is 5.32 Å². The molecule has 1 aliphatic heterocycles. The minimum Gasteiger partial charge on any atom is -0.497 e. The Morgan fingerprint density at radius 3 is 2.76 bits per heavy atom. The Hall–Kier alpha value is -2.53. The molecule has 0 radical (unpaired) electrons. The lowest BCUT2D eigenvalue weighted by Gasteiger charge is -2.27. The number of methoxy groups -OCH3 is 1. The number of carbonyl (C=O) groups is 1. The van der Waals surface area contributed by atoms with Gasteiger partial charge in [0.05, 0.1) is 26.3 Å². The number of amides is 1. The first-order valence-electron chi connectivity index (χ1n) is 8.48. The van der Waals surface area contributed by atoms with Crippen molar-refractivity contribution in [2.75, 3.05) is 27.3 Å². The Balaban J connectivity index is 1.54. The van der Waals surface area contributed by atoms with E-state index in [1.807, 2.05) is 60.5 Å². The first-order chi connectivity index (χ1) is 12.2. The highest BCUT2D eigenvalue weighted by Gasteiger charge is 2.22. The highest BCUT2D eigenvalue weighted by atomic mass is 16.5. The maximum atomic E-state index is 12.4. The van der Waals surface area contributed by atoms with Crippen molar-refractivity contribution in [1.29, 1.82) is 0 Å². The van der Waals surface area contributed by atoms with E-state index in [0.29, 0.717) is 19.7 Å². The van der Waals surface area contributed by atoms with Crippen molar-refractivity contribution in [3.8, 4) is 11.5 Å². The number of nitrogens with one attached hydrogen (secondary N) is 1. The predicted molar refractivity (Wildman–Crippen MR) is 96.8 cm³/mol. The third kappa shape index (κ3) is 4.51. The average molecular weight is 340 g/mol. The number of hydrogen-bond acceptors (Lipinski definition) is 4. The fraction of sp³-hybridized carbons (Fsp3) is 0.350. The topological polar surface area (TPSA) is 50.8 Å². The second-order valence-corrected chi connectivity index (χ2v) is 6.32. The smallest absolute Gasteiger partial charge is 0.234 e. The molecule has 1 atom stereocenters. The van der Waals surface area contributed by atoms with Gasteiger partial charge < -0.3 is 14.8 Å². The Morgan fingerprint density at radius 1 is 1.24 bits per heavy atom. The summed E-state index contributed by atoms with van der Waals surface area (Å²) in [6.07, 6.45) is 0.797. The van der Waals surface area contributed by atoms with E-state index in [0.717, 1.165) is 29.0 Å². The third-order valence-electron chi connectivity index (χ3n) is 4.32. The number of nitrogens with zero attached hydrogens (tertiary/aromatic N) is 1. The quantitative estimate of drug-likeness (QED) is 0.878. The summed E-state index contributed by atoms with van der Waals surface area (Å²) < 4.78 is 10.8. The van der Waals surface area contributed by atoms with Gasteiger partial charge in [-0.05, 0) is 30.8 Å². The minimum absolute atomic E-state index is 0.0202. The Kier molecular flexibility index (Phi) is 5.56. The van der Waals surface area contributed by atoms with Crippen LogP contribution in [-0.2, 0) is 11.3 Å². The SMILES string of the molecule is COc1ccc(CN(C)CC(=O)N[C@@H]2CCOc3ccccc32)cc1. The molecule has 0 unspecified atom stereocenters. The lowest BCUT2D eigenvalue weighted by molar-refractivity contribution is -0.123. The maximum Gasteiger partial charge on any atom is 0.234 e. The number of ether oxygens (including phenoxy) is 2. The van der Waals surface area contributed by atoms with Crippen LogP contribution >= 0.6 is 0 Å². The van der Waals surface area contributed by atoms with Gasteiger partial charge >= 0.3 is 0 Å². The molecule has 0 saturated carbocycles. The summed E-state index contributed by atoms with van der Waals surface area (Å²) in [6.45, 7) is 1.69. The molecule has 2 aromatic rings. The molecule has 0 fully saturated rings. The monoisotopic (exact) mass is 340 g/mol. The van der Waals surface area contributed by atoms with Crippen LogP contribution in [0.4, 0.5) is 0 Å². The van der Waals surface area contributed by atoms with E-state index in [9.17, 15) is 4.79 Å². The van der Waals surface area contributed by atoms with Crippen molar-refractivity contribution in [3.05, 3.63) is 59.7 Å². The molecule has 132 valence electrons. The number of rotatable bonds is 6. The van der Waals surface area contributed by atoms with Gasteiger partial charge in [0.2, 0.25) is 5.91 Å². The van der Waals surface area contributed by atoms with Gasteiger partial charge in [-0.25, -0.2) is 0 Å². The number of hydrogen-bond donors (Lipinski definition) is 1. The van der Waals surface area contributed by atoms with Crippen LogP contribution < -0.4 is 14.8 Å². The van der Waals surface area contributed by atoms with Crippen molar-refractivity contribution < 1.29 is 14.3 Å². The zero-order valence-corrected chi connectivity index (χ0v) is 14.7. The molecular weight excluding hydrogens is 316 g/mol. The van der Waals surface area contributed by atoms with Gasteiger partial charge in [0.1, 0.15) is 11.5 Å². The number of para-hydroxylation sites is 1. The molecule has 0 aromatic heterocycles. The highest BCUT2D eigenvalue weighted by Crippen LogP contribution is 2.31. The van der Waals surface area contributed by atoms with Crippen molar-refractivity contribution in [2.45, 2.75) is 19.0 Å². The van der Waals surface area contributed by atoms with Crippen molar-refractivity contribution in [2.24, 2.45) is 0 Å². The normalized spacial score (nSPS) is 16.0. The zero-order valence-electron chi connectivity index (χ0n) is 14.7. The van der Waals surface area contributed by atoms with E-state index in [-0.39, 0.29) is 11.9 Å². The second kappa shape index (κ2) is 8.03. The molecule has 1 N–H and O–H groups in total. The fourth-order valence-corrected chi connectivity index (χ4v) is 3.08. The van der Waals surface area contributed by atoms with Crippen LogP contribution in [0.1, 0.15) is 23.6 Å². The number of carbonyl (C=O) groups excluding carboxylic acids is 1. The van der Waals surface area contributed by atoms with Gasteiger partial charge in [-0.2, -0.15) is 0 Å². The molecule has 0 saturated heterocycles. The van der Waals surface area contributed by atoms with Gasteiger partial charge in [0, 0.05) is 18.5 Å². The molecule has 5 heteroatoms. The molecule has 1 heterocycles. The minimum atomic E-state index is 0.0202. The van der Waals surface area contributed by atoms with Crippen LogP contribution in [-0.4, -0.2) is 38.1 Å². The standard InChI is InChI=1S/C20H24N2O3/c1-22(13-15-7-9-16(24-2)10-8-15)14-20(23)21-18-11-12-25-19-6-4-3-5-17(18)19/h3-10,18H,11-14H2,1-2H3,(H,21,23)/t18-/m1/s1. The van der Waals surface area contributed by atoms with E-state index in [1.54, 1.807) is 7.11 Å². The summed E-state index contributed by atoms with van der Waals surface area (Å²) >= 11 is 0. The molecule has 1 amide bonds. The van der Waals surface area contributed by atoms with Gasteiger partial charge in [-0.3, -0.25) is 9.69 Å². The first kappa shape index (κ1) is 17.3. The second-order valence-electron chi connectivity index (χ2n) is 6.32. The molecular formula is C20H24N2O3. The summed E-state index contributed by atoms with van der Waals surface area (Å²) in [5, 5.41) is 3.13. The molecule has 5 nitrogen and oxygen atoms in total. The van der Waals surface area contributed by atoms with Crippen LogP contribution in [0, 0.1) is 0 Å². The molecule has 0 spiro atoms. The zero-order chi connectivity index (χ0) is 17.6. The molecule has 25 heavy (non-hydrogen) atoms. The predicted octanol–water partition coefficient (Wildman–Crippen LogP) is 2.77. The van der Waals surface area contributed by atoms with Gasteiger partial charge in [0.25, 0.3) is 0 Å². The van der Waals surface area contributed by atoms with Crippen LogP contribution in [0.25, 0.3) is 0 Å². The molecule has 3 rings (SSSR count). The number of benzene rings is 2. The molecule has 0 bridgehead atoms. The van der Waals surface area contributed by atoms with E-state index >= 15 is 0 Å². The van der Waals surface area contributed by atoms with Crippen LogP contribution in [0.2, 0.25) is 0 Å². The van der Waals surface area contributed by atoms with E-state index in [1.165, 1.54) is 0 Å². The average Bonchev–Trinajstić information content (AvgIpc) is 2.62. The summed E-state index contributed by atoms with van der Waals surface area (Å²) in [5.41, 5.74) is 2.20. The third-order valence-corrected chi connectivity index (χ3v) is 4.32. The van der Waals surface area contributed by atoms with E-state index < -0.39 is 0 Å². The maximum absolute atomic E-state index is 12.4. The highest BCUT2D eigenvalue weighted by molar-refractivity contribution is 5.78. The Morgan fingerprint density at radius 2 is 2.00 bits per heavy atom. The summed E-state index contributed by atoms with van der Waals surface area (Å²) in [5.74, 6) is 1.73. The first-order valence-corrected chi connectivity index (χ1v) is 8.48. The van der Waals surface area contributed by atoms with Crippen molar-refractivity contribution in [1.82, 2.24) is 10.2 Å². The molecule has 1 aliphatic rings. The van der Waals surface area contributed by atoms with E-state index in [4.69, 9.17) is 9.47 Å². The van der Waals surface area contributed by atoms with Gasteiger partial charge in [-0.15, -0.1) is 0 Å². The van der Waals surface area contributed by atoms with Crippen LogP contribution in [0.15, 0.2) is 48.5 Å². The molecule has 0 aliphatic carbocycles. The van der Waals surface area contributed by atoms with Gasteiger partial charge in [0.15, 0.2) is 0 Å². The molecule has 2 aromatic carbocycles. The summed E-state index contributed by atoms with van der Waals surface area (Å²) in [4.78, 5) is 14.4. The van der Waals surface area contributed by atoms with Crippen molar-refractivity contribution in [3.63, 3.8) is 0 Å². The number of likely N-dealkylation sites (N-methyl/N-ethyl adjacent to an activating group) is 1. The Labute approximate surface area is 148 Å². The Bertz CT molecular complexity index is 715. The lowest BCUT2D eigenvalue weighted by atomic mass is 10.0. The fourth-order valence-electron chi connectivity index (χ4n) is 3.08. The number of fused-ring (bicyclic) bond motifs is 1. The van der Waals surface area contributed by atoms with Crippen LogP contribution in [0.5, 0.6) is 11.5 Å². The van der Waals surface area contributed by atoms with Crippen molar-refractivity contribution >= 4 is 5.91 Å². The summed E-state index contributed by atoms with van der Waals surface area (Å²) in [7, 11) is 3.60. The summed E-state index contributed by atoms with van der Waals surface area (Å²) in [6, 6.07) is 15.8. The van der Waals surface area contributed by atoms with Gasteiger partial charge in [-0.1, -0.05) is 30.3 Å². The van der Waals surface area contributed by atoms with Crippen LogP contribution in [0.3, 0.4) is 0 Å². The lowest BCUT2D eigenvalue weighted by Crippen LogP contribution is -2.38. The largest absolute Gasteiger partial charge is 0.497 e.